The highest BCUT2D eigenvalue weighted by atomic mass is 19.4. The molecule has 1 atom stereocenters. The molecule has 0 aromatic heterocycles. The van der Waals surface area contributed by atoms with Crippen LogP contribution < -0.4 is 5.32 Å². The Bertz CT molecular complexity index is 401. The SMILES string of the molecule is CN[C@H](Cc1cccc(C(F)(F)F)c1)C(C)=O. The summed E-state index contributed by atoms with van der Waals surface area (Å²) in [6, 6.07) is 4.59. The van der Waals surface area contributed by atoms with Crippen LogP contribution in [-0.4, -0.2) is 18.9 Å². The van der Waals surface area contributed by atoms with Crippen LogP contribution in [0.5, 0.6) is 0 Å². The molecule has 0 radical (unpaired) electrons. The van der Waals surface area contributed by atoms with Crippen molar-refractivity contribution in [2.24, 2.45) is 0 Å². The molecule has 94 valence electrons. The molecule has 1 N–H and O–H groups in total. The van der Waals surface area contributed by atoms with Crippen molar-refractivity contribution in [3.63, 3.8) is 0 Å². The minimum absolute atomic E-state index is 0.0927. The van der Waals surface area contributed by atoms with Crippen LogP contribution in [0.1, 0.15) is 18.1 Å². The molecule has 1 rings (SSSR count). The number of ketones is 1. The van der Waals surface area contributed by atoms with Crippen LogP contribution in [0.25, 0.3) is 0 Å². The predicted molar refractivity (Wildman–Crippen MR) is 58.7 cm³/mol. The van der Waals surface area contributed by atoms with Gasteiger partial charge in [0.15, 0.2) is 0 Å². The van der Waals surface area contributed by atoms with E-state index in [1.807, 2.05) is 0 Å². The molecule has 0 spiro atoms. The Morgan fingerprint density at radius 2 is 2.06 bits per heavy atom. The van der Waals surface area contributed by atoms with Gasteiger partial charge in [-0.1, -0.05) is 18.2 Å². The maximum absolute atomic E-state index is 12.5. The zero-order chi connectivity index (χ0) is 13.1. The van der Waals surface area contributed by atoms with Gasteiger partial charge in [-0.2, -0.15) is 13.2 Å². The average molecular weight is 245 g/mol. The number of Topliss-reactive ketones (excluding diaryl/α,β-unsaturated/α-hetero) is 1. The van der Waals surface area contributed by atoms with E-state index in [0.717, 1.165) is 12.1 Å². The number of benzene rings is 1. The number of carbonyl (C=O) groups is 1. The lowest BCUT2D eigenvalue weighted by Crippen LogP contribution is -2.34. The van der Waals surface area contributed by atoms with Crippen molar-refractivity contribution in [1.82, 2.24) is 5.32 Å². The van der Waals surface area contributed by atoms with E-state index in [0.29, 0.717) is 5.56 Å². The topological polar surface area (TPSA) is 29.1 Å². The standard InChI is InChI=1S/C12H14F3NO/c1-8(17)11(16-2)7-9-4-3-5-10(6-9)12(13,14)15/h3-6,11,16H,7H2,1-2H3/t11-/m1/s1. The number of hydrogen-bond donors (Lipinski definition) is 1. The van der Waals surface area contributed by atoms with Gasteiger partial charge in [0.25, 0.3) is 0 Å². The molecule has 0 unspecified atom stereocenters. The van der Waals surface area contributed by atoms with Crippen molar-refractivity contribution < 1.29 is 18.0 Å². The van der Waals surface area contributed by atoms with Gasteiger partial charge in [-0.15, -0.1) is 0 Å². The fourth-order valence-corrected chi connectivity index (χ4v) is 1.56. The molecule has 1 aromatic rings. The highest BCUT2D eigenvalue weighted by Crippen LogP contribution is 2.29. The third-order valence-corrected chi connectivity index (χ3v) is 2.53. The summed E-state index contributed by atoms with van der Waals surface area (Å²) < 4.78 is 37.4. The van der Waals surface area contributed by atoms with Crippen LogP contribution in [0.15, 0.2) is 24.3 Å². The number of hydrogen-bond acceptors (Lipinski definition) is 2. The van der Waals surface area contributed by atoms with E-state index in [9.17, 15) is 18.0 Å². The summed E-state index contributed by atoms with van der Waals surface area (Å²) >= 11 is 0. The number of nitrogens with one attached hydrogen (secondary N) is 1. The summed E-state index contributed by atoms with van der Waals surface area (Å²) in [6.45, 7) is 1.41. The molecule has 0 heterocycles. The second-order valence-electron chi connectivity index (χ2n) is 3.85. The quantitative estimate of drug-likeness (QED) is 0.882. The molecule has 2 nitrogen and oxygen atoms in total. The molecule has 0 bridgehead atoms. The third kappa shape index (κ3) is 3.85. The number of rotatable bonds is 4. The smallest absolute Gasteiger partial charge is 0.310 e. The van der Waals surface area contributed by atoms with Gasteiger partial charge in [-0.05, 0) is 32.0 Å². The predicted octanol–water partition coefficient (Wildman–Crippen LogP) is 2.42. The van der Waals surface area contributed by atoms with E-state index in [4.69, 9.17) is 0 Å². The highest BCUT2D eigenvalue weighted by Gasteiger charge is 2.30. The molecule has 0 aliphatic rings. The molecule has 0 saturated carbocycles. The molecule has 0 fully saturated rings. The van der Waals surface area contributed by atoms with Gasteiger partial charge in [0.2, 0.25) is 0 Å². The van der Waals surface area contributed by atoms with Crippen LogP contribution in [0, 0.1) is 0 Å². The Morgan fingerprint density at radius 3 is 2.53 bits per heavy atom. The lowest BCUT2D eigenvalue weighted by atomic mass is 10.0. The fraction of sp³-hybridized carbons (Fsp3) is 0.417. The molecule has 17 heavy (non-hydrogen) atoms. The minimum Gasteiger partial charge on any atom is -0.310 e. The molecule has 1 aromatic carbocycles. The average Bonchev–Trinajstić information content (AvgIpc) is 2.24. The summed E-state index contributed by atoms with van der Waals surface area (Å²) in [5.41, 5.74) is -0.192. The van der Waals surface area contributed by atoms with Crippen molar-refractivity contribution in [2.75, 3.05) is 7.05 Å². The molecule has 0 amide bonds. The third-order valence-electron chi connectivity index (χ3n) is 2.53. The van der Waals surface area contributed by atoms with Crippen molar-refractivity contribution in [2.45, 2.75) is 25.6 Å². The van der Waals surface area contributed by atoms with E-state index >= 15 is 0 Å². The first-order valence-electron chi connectivity index (χ1n) is 5.18. The van der Waals surface area contributed by atoms with Crippen LogP contribution in [0.3, 0.4) is 0 Å². The number of halogens is 3. The summed E-state index contributed by atoms with van der Waals surface area (Å²) in [5.74, 6) is -0.0927. The van der Waals surface area contributed by atoms with Gasteiger partial charge in [0, 0.05) is 0 Å². The van der Waals surface area contributed by atoms with E-state index in [1.165, 1.54) is 13.0 Å². The number of alkyl halides is 3. The fourth-order valence-electron chi connectivity index (χ4n) is 1.56. The first-order valence-corrected chi connectivity index (χ1v) is 5.18. The van der Waals surface area contributed by atoms with Gasteiger partial charge >= 0.3 is 6.18 Å². The summed E-state index contributed by atoms with van der Waals surface area (Å²) in [6.07, 6.45) is -4.09. The van der Waals surface area contributed by atoms with Crippen LogP contribution in [0.2, 0.25) is 0 Å². The van der Waals surface area contributed by atoms with Crippen LogP contribution in [-0.2, 0) is 17.4 Å². The Morgan fingerprint density at radius 1 is 1.41 bits per heavy atom. The van der Waals surface area contributed by atoms with Gasteiger partial charge in [-0.25, -0.2) is 0 Å². The van der Waals surface area contributed by atoms with Crippen LogP contribution >= 0.6 is 0 Å². The van der Waals surface area contributed by atoms with E-state index < -0.39 is 17.8 Å². The molecule has 5 heteroatoms. The minimum atomic E-state index is -4.35. The Balaban J connectivity index is 2.89. The monoisotopic (exact) mass is 245 g/mol. The van der Waals surface area contributed by atoms with E-state index in [1.54, 1.807) is 13.1 Å². The Labute approximate surface area is 97.8 Å². The maximum atomic E-state index is 12.5. The Hall–Kier alpha value is -1.36. The van der Waals surface area contributed by atoms with Crippen molar-refractivity contribution >= 4 is 5.78 Å². The molecular formula is C12H14F3NO. The maximum Gasteiger partial charge on any atom is 0.416 e. The Kier molecular flexibility index (Phi) is 4.28. The second-order valence-corrected chi connectivity index (χ2v) is 3.85. The highest BCUT2D eigenvalue weighted by molar-refractivity contribution is 5.81. The largest absolute Gasteiger partial charge is 0.416 e. The lowest BCUT2D eigenvalue weighted by molar-refractivity contribution is -0.137. The van der Waals surface area contributed by atoms with E-state index in [2.05, 4.69) is 5.32 Å². The summed E-state index contributed by atoms with van der Waals surface area (Å²) in [5, 5.41) is 2.78. The first kappa shape index (κ1) is 13.7. The lowest BCUT2D eigenvalue weighted by Gasteiger charge is -2.14. The molecule has 0 aliphatic carbocycles. The molecular weight excluding hydrogens is 231 g/mol. The van der Waals surface area contributed by atoms with Crippen LogP contribution in [0.4, 0.5) is 13.2 Å². The van der Waals surface area contributed by atoms with Gasteiger partial charge in [-0.3, -0.25) is 4.79 Å². The van der Waals surface area contributed by atoms with E-state index in [-0.39, 0.29) is 12.2 Å². The normalized spacial score (nSPS) is 13.5. The summed E-state index contributed by atoms with van der Waals surface area (Å²) in [4.78, 5) is 11.2. The number of likely N-dealkylation sites (N-methyl/N-ethyl adjacent to an activating group) is 1. The van der Waals surface area contributed by atoms with Gasteiger partial charge in [0.05, 0.1) is 11.6 Å². The molecule has 0 aliphatic heterocycles. The second kappa shape index (κ2) is 5.31. The van der Waals surface area contributed by atoms with Crippen molar-refractivity contribution in [3.05, 3.63) is 35.4 Å². The first-order chi connectivity index (χ1) is 7.84. The molecule has 0 saturated heterocycles. The van der Waals surface area contributed by atoms with Crippen molar-refractivity contribution in [1.29, 1.82) is 0 Å². The summed E-state index contributed by atoms with van der Waals surface area (Å²) in [7, 11) is 1.61. The zero-order valence-corrected chi connectivity index (χ0v) is 9.64. The zero-order valence-electron chi connectivity index (χ0n) is 9.64. The van der Waals surface area contributed by atoms with Crippen molar-refractivity contribution in [3.8, 4) is 0 Å². The number of carbonyl (C=O) groups excluding carboxylic acids is 1. The van der Waals surface area contributed by atoms with Gasteiger partial charge < -0.3 is 5.32 Å². The van der Waals surface area contributed by atoms with Gasteiger partial charge in [0.1, 0.15) is 5.78 Å².